The SMILES string of the molecule is C=CC=C.CCCCC(=Nc1c(C)cccc1C)c1cccc(C(CCCC)=Nc2c(C)cccc2C)n1.[Fe]. The summed E-state index contributed by atoms with van der Waals surface area (Å²) in [4.78, 5) is 15.4. The zero-order chi connectivity index (χ0) is 27.9. The molecular weight excluding hydrogens is 518 g/mol. The summed E-state index contributed by atoms with van der Waals surface area (Å²) in [7, 11) is 0. The predicted molar refractivity (Wildman–Crippen MR) is 168 cm³/mol. The molecule has 3 aromatic rings. The Bertz CT molecular complexity index is 1140. The molecule has 1 aromatic heterocycles. The minimum Gasteiger partial charge on any atom is -0.251 e. The van der Waals surface area contributed by atoms with Crippen LogP contribution in [0.2, 0.25) is 0 Å². The van der Waals surface area contributed by atoms with Crippen LogP contribution in [0, 0.1) is 27.7 Å². The molecule has 0 aliphatic heterocycles. The van der Waals surface area contributed by atoms with E-state index in [1.807, 2.05) is 0 Å². The van der Waals surface area contributed by atoms with Gasteiger partial charge in [-0.2, -0.15) is 0 Å². The average molecular weight is 564 g/mol. The summed E-state index contributed by atoms with van der Waals surface area (Å²) in [5.41, 5.74) is 11.0. The van der Waals surface area contributed by atoms with E-state index in [9.17, 15) is 0 Å². The van der Waals surface area contributed by atoms with Crippen LogP contribution in [0.4, 0.5) is 11.4 Å². The van der Waals surface area contributed by atoms with Crippen molar-refractivity contribution in [3.8, 4) is 0 Å². The van der Waals surface area contributed by atoms with Crippen molar-refractivity contribution in [3.63, 3.8) is 0 Å². The third-order valence-electron chi connectivity index (χ3n) is 6.41. The Balaban J connectivity index is 0.00000142. The second-order valence-corrected chi connectivity index (χ2v) is 9.68. The zero-order valence-electron chi connectivity index (χ0n) is 24.7. The fraction of sp³-hybridized carbons (Fsp3) is 0.343. The molecule has 0 fully saturated rings. The van der Waals surface area contributed by atoms with Crippen LogP contribution in [0.3, 0.4) is 0 Å². The molecule has 2 aromatic carbocycles. The number of unbranched alkanes of at least 4 members (excludes halogenated alkanes) is 2. The molecule has 4 heteroatoms. The summed E-state index contributed by atoms with van der Waals surface area (Å²) < 4.78 is 0. The van der Waals surface area contributed by atoms with Crippen molar-refractivity contribution in [2.75, 3.05) is 0 Å². The molecule has 0 atom stereocenters. The Kier molecular flexibility index (Phi) is 15.9. The van der Waals surface area contributed by atoms with Gasteiger partial charge in [0, 0.05) is 17.1 Å². The van der Waals surface area contributed by atoms with Gasteiger partial charge in [0.25, 0.3) is 0 Å². The zero-order valence-corrected chi connectivity index (χ0v) is 25.8. The van der Waals surface area contributed by atoms with Crippen LogP contribution in [0.5, 0.6) is 0 Å². The van der Waals surface area contributed by atoms with Gasteiger partial charge in [0.2, 0.25) is 0 Å². The number of allylic oxidation sites excluding steroid dienone is 2. The first-order valence-electron chi connectivity index (χ1n) is 13.8. The van der Waals surface area contributed by atoms with E-state index in [-0.39, 0.29) is 17.1 Å². The Morgan fingerprint density at radius 3 is 1.28 bits per heavy atom. The molecule has 3 rings (SSSR count). The Hall–Kier alpha value is -3.07. The summed E-state index contributed by atoms with van der Waals surface area (Å²) >= 11 is 0. The standard InChI is InChI=1S/C31H39N3.C4H6.Fe/c1-7-9-18-28(33-30-22(3)14-11-15-23(30)4)26-20-13-21-27(32-26)29(19-10-8-2)34-31-24(5)16-12-17-25(31)6;1-3-4-2;/h11-17,20-21H,7-10,18-19H2,1-6H3;3-4H,1-2H2;. The molecule has 0 spiro atoms. The Morgan fingerprint density at radius 1 is 0.641 bits per heavy atom. The summed E-state index contributed by atoms with van der Waals surface area (Å²) in [5, 5.41) is 0. The predicted octanol–water partition coefficient (Wildman–Crippen LogP) is 10.3. The number of aromatic nitrogens is 1. The first kappa shape index (κ1) is 34.0. The van der Waals surface area contributed by atoms with Crippen LogP contribution < -0.4 is 0 Å². The van der Waals surface area contributed by atoms with E-state index in [1.165, 1.54) is 22.3 Å². The minimum atomic E-state index is 0. The molecule has 208 valence electrons. The number of para-hydroxylation sites is 2. The fourth-order valence-corrected chi connectivity index (χ4v) is 4.16. The van der Waals surface area contributed by atoms with Crippen LogP contribution >= 0.6 is 0 Å². The van der Waals surface area contributed by atoms with Gasteiger partial charge in [0.15, 0.2) is 0 Å². The molecule has 39 heavy (non-hydrogen) atoms. The number of nitrogens with zero attached hydrogens (tertiary/aromatic N) is 3. The van der Waals surface area contributed by atoms with Crippen molar-refractivity contribution in [3.05, 3.63) is 114 Å². The van der Waals surface area contributed by atoms with Crippen molar-refractivity contribution < 1.29 is 17.1 Å². The first-order chi connectivity index (χ1) is 18.4. The number of aryl methyl sites for hydroxylation is 4. The van der Waals surface area contributed by atoms with Gasteiger partial charge in [-0.3, -0.25) is 9.98 Å². The van der Waals surface area contributed by atoms with Gasteiger partial charge >= 0.3 is 0 Å². The topological polar surface area (TPSA) is 37.6 Å². The molecule has 0 saturated heterocycles. The fourth-order valence-electron chi connectivity index (χ4n) is 4.16. The average Bonchev–Trinajstić information content (AvgIpc) is 2.92. The van der Waals surface area contributed by atoms with Crippen LogP contribution in [0.1, 0.15) is 86.0 Å². The van der Waals surface area contributed by atoms with Gasteiger partial charge in [0.05, 0.1) is 34.2 Å². The van der Waals surface area contributed by atoms with Crippen molar-refractivity contribution in [2.24, 2.45) is 9.98 Å². The number of rotatable bonds is 11. The van der Waals surface area contributed by atoms with Gasteiger partial charge in [-0.15, -0.1) is 0 Å². The van der Waals surface area contributed by atoms with E-state index < -0.39 is 0 Å². The van der Waals surface area contributed by atoms with E-state index >= 15 is 0 Å². The van der Waals surface area contributed by atoms with Gasteiger partial charge in [0.1, 0.15) is 0 Å². The molecule has 0 bridgehead atoms. The normalized spacial score (nSPS) is 11.2. The maximum Gasteiger partial charge on any atom is 0.0852 e. The molecule has 0 aliphatic carbocycles. The molecule has 0 N–H and O–H groups in total. The second-order valence-electron chi connectivity index (χ2n) is 9.68. The molecule has 1 heterocycles. The summed E-state index contributed by atoms with van der Waals surface area (Å²) in [6.07, 6.45) is 9.55. The van der Waals surface area contributed by atoms with E-state index in [4.69, 9.17) is 15.0 Å². The monoisotopic (exact) mass is 563 g/mol. The third kappa shape index (κ3) is 10.5. The van der Waals surface area contributed by atoms with Gasteiger partial charge in [-0.1, -0.05) is 94.5 Å². The summed E-state index contributed by atoms with van der Waals surface area (Å²) in [6, 6.07) is 19.0. The van der Waals surface area contributed by atoms with Gasteiger partial charge in [-0.05, 0) is 87.8 Å². The smallest absolute Gasteiger partial charge is 0.0852 e. The van der Waals surface area contributed by atoms with E-state index in [2.05, 4.69) is 109 Å². The van der Waals surface area contributed by atoms with Crippen molar-refractivity contribution >= 4 is 22.8 Å². The van der Waals surface area contributed by atoms with Crippen LogP contribution in [-0.4, -0.2) is 16.4 Å². The van der Waals surface area contributed by atoms with E-state index in [0.717, 1.165) is 72.7 Å². The molecule has 0 saturated carbocycles. The third-order valence-corrected chi connectivity index (χ3v) is 6.41. The summed E-state index contributed by atoms with van der Waals surface area (Å²) in [5.74, 6) is 0. The largest absolute Gasteiger partial charge is 0.251 e. The molecule has 0 amide bonds. The maximum absolute atomic E-state index is 5.15. The van der Waals surface area contributed by atoms with Crippen molar-refractivity contribution in [1.29, 1.82) is 0 Å². The van der Waals surface area contributed by atoms with Gasteiger partial charge < -0.3 is 0 Å². The molecule has 0 radical (unpaired) electrons. The maximum atomic E-state index is 5.15. The molecule has 0 unspecified atom stereocenters. The Morgan fingerprint density at radius 2 is 0.974 bits per heavy atom. The van der Waals surface area contributed by atoms with Crippen LogP contribution in [-0.2, 0) is 17.1 Å². The number of pyridine rings is 1. The Labute approximate surface area is 247 Å². The van der Waals surface area contributed by atoms with Crippen LogP contribution in [0.15, 0.2) is 89.9 Å². The first-order valence-corrected chi connectivity index (χ1v) is 13.8. The summed E-state index contributed by atoms with van der Waals surface area (Å²) in [6.45, 7) is 19.7. The quantitative estimate of drug-likeness (QED) is 0.130. The molecule has 3 nitrogen and oxygen atoms in total. The second kappa shape index (κ2) is 18.3. The van der Waals surface area contributed by atoms with Gasteiger partial charge in [-0.25, -0.2) is 4.98 Å². The number of aliphatic imine (C=N–C) groups is 2. The molecule has 0 aliphatic rings. The number of hydrogen-bond acceptors (Lipinski definition) is 3. The van der Waals surface area contributed by atoms with E-state index in [0.29, 0.717) is 0 Å². The van der Waals surface area contributed by atoms with E-state index in [1.54, 1.807) is 12.2 Å². The number of benzene rings is 2. The minimum absolute atomic E-state index is 0. The van der Waals surface area contributed by atoms with Crippen LogP contribution in [0.25, 0.3) is 0 Å². The molecular formula is C35H45FeN3. The number of hydrogen-bond donors (Lipinski definition) is 0. The van der Waals surface area contributed by atoms with Crippen molar-refractivity contribution in [2.45, 2.75) is 80.1 Å². The van der Waals surface area contributed by atoms with Crippen molar-refractivity contribution in [1.82, 2.24) is 4.98 Å².